The van der Waals surface area contributed by atoms with Gasteiger partial charge in [0.25, 0.3) is 0 Å². The molecule has 1 heterocycles. The number of oxazole rings is 1. The molecule has 0 saturated carbocycles. The van der Waals surface area contributed by atoms with Crippen molar-refractivity contribution in [1.29, 1.82) is 0 Å². The van der Waals surface area contributed by atoms with Crippen LogP contribution in [0, 0.1) is 0 Å². The van der Waals surface area contributed by atoms with Gasteiger partial charge < -0.3 is 4.42 Å². The maximum absolute atomic E-state index is 5.67. The van der Waals surface area contributed by atoms with Crippen LogP contribution in [0.1, 0.15) is 5.69 Å². The van der Waals surface area contributed by atoms with E-state index in [-0.39, 0.29) is 0 Å². The zero-order chi connectivity index (χ0) is 14.7. The van der Waals surface area contributed by atoms with Gasteiger partial charge in [-0.1, -0.05) is 42.5 Å². The molecule has 0 atom stereocenters. The van der Waals surface area contributed by atoms with Crippen LogP contribution in [0.25, 0.3) is 22.2 Å². The van der Waals surface area contributed by atoms with Gasteiger partial charge in [-0.05, 0) is 23.9 Å². The maximum atomic E-state index is 5.67. The molecular formula is C18H18N2O. The molecule has 106 valence electrons. The fourth-order valence-electron chi connectivity index (χ4n) is 2.48. The van der Waals surface area contributed by atoms with E-state index in [1.165, 1.54) is 5.39 Å². The Balaban J connectivity index is 1.93. The Labute approximate surface area is 124 Å². The van der Waals surface area contributed by atoms with Gasteiger partial charge >= 0.3 is 0 Å². The van der Waals surface area contributed by atoms with Crippen molar-refractivity contribution in [2.24, 2.45) is 0 Å². The van der Waals surface area contributed by atoms with Gasteiger partial charge in [-0.15, -0.1) is 6.58 Å². The fraction of sp³-hybridized carbons (Fsp3) is 0.167. The third kappa shape index (κ3) is 2.88. The predicted molar refractivity (Wildman–Crippen MR) is 86.0 cm³/mol. The van der Waals surface area contributed by atoms with E-state index in [1.807, 2.05) is 37.4 Å². The predicted octanol–water partition coefficient (Wildman–Crippen LogP) is 4.11. The number of nitrogens with zero attached hydrogens (tertiary/aromatic N) is 2. The van der Waals surface area contributed by atoms with Crippen LogP contribution in [0.2, 0.25) is 0 Å². The molecule has 0 aliphatic heterocycles. The van der Waals surface area contributed by atoms with Crippen molar-refractivity contribution < 1.29 is 4.42 Å². The van der Waals surface area contributed by atoms with E-state index >= 15 is 0 Å². The van der Waals surface area contributed by atoms with E-state index in [9.17, 15) is 0 Å². The summed E-state index contributed by atoms with van der Waals surface area (Å²) in [4.78, 5) is 6.75. The molecule has 21 heavy (non-hydrogen) atoms. The number of aromatic nitrogens is 1. The fourth-order valence-corrected chi connectivity index (χ4v) is 2.48. The Morgan fingerprint density at radius 2 is 2.00 bits per heavy atom. The SMILES string of the molecule is C=CCN(C)Cc1coc(-c2cccc3ccccc23)n1. The summed E-state index contributed by atoms with van der Waals surface area (Å²) >= 11 is 0. The van der Waals surface area contributed by atoms with Gasteiger partial charge in [0.05, 0.1) is 5.69 Å². The number of benzene rings is 2. The summed E-state index contributed by atoms with van der Waals surface area (Å²) in [6, 6.07) is 14.4. The van der Waals surface area contributed by atoms with Crippen molar-refractivity contribution in [2.45, 2.75) is 6.54 Å². The summed E-state index contributed by atoms with van der Waals surface area (Å²) in [5.74, 6) is 0.675. The first kappa shape index (κ1) is 13.6. The molecule has 0 radical (unpaired) electrons. The van der Waals surface area contributed by atoms with Gasteiger partial charge in [-0.25, -0.2) is 4.98 Å². The molecule has 2 aromatic carbocycles. The molecule has 0 saturated heterocycles. The zero-order valence-electron chi connectivity index (χ0n) is 12.1. The lowest BCUT2D eigenvalue weighted by molar-refractivity contribution is 0.358. The molecule has 1 aromatic heterocycles. The van der Waals surface area contributed by atoms with Crippen LogP contribution in [-0.2, 0) is 6.54 Å². The molecule has 3 rings (SSSR count). The Morgan fingerprint density at radius 3 is 2.86 bits per heavy atom. The van der Waals surface area contributed by atoms with Gasteiger partial charge in [-0.3, -0.25) is 4.90 Å². The highest BCUT2D eigenvalue weighted by Crippen LogP contribution is 2.28. The largest absolute Gasteiger partial charge is 0.444 e. The summed E-state index contributed by atoms with van der Waals surface area (Å²) in [5.41, 5.74) is 1.97. The molecule has 0 aliphatic carbocycles. The lowest BCUT2D eigenvalue weighted by Crippen LogP contribution is -2.17. The van der Waals surface area contributed by atoms with Gasteiger partial charge in [0.2, 0.25) is 5.89 Å². The molecule has 0 N–H and O–H groups in total. The molecule has 0 fully saturated rings. The van der Waals surface area contributed by atoms with Crippen molar-refractivity contribution in [3.05, 3.63) is 67.1 Å². The summed E-state index contributed by atoms with van der Waals surface area (Å²) in [6.07, 6.45) is 3.61. The number of hydrogen-bond acceptors (Lipinski definition) is 3. The van der Waals surface area contributed by atoms with Crippen molar-refractivity contribution in [1.82, 2.24) is 9.88 Å². The highest BCUT2D eigenvalue weighted by Gasteiger charge is 2.10. The molecular weight excluding hydrogens is 260 g/mol. The highest BCUT2D eigenvalue weighted by atomic mass is 16.3. The van der Waals surface area contributed by atoms with E-state index in [0.29, 0.717) is 5.89 Å². The summed E-state index contributed by atoms with van der Waals surface area (Å²) in [7, 11) is 2.04. The van der Waals surface area contributed by atoms with E-state index in [0.717, 1.165) is 29.7 Å². The minimum atomic E-state index is 0.675. The van der Waals surface area contributed by atoms with Crippen molar-refractivity contribution in [3.63, 3.8) is 0 Å². The van der Waals surface area contributed by atoms with Crippen molar-refractivity contribution in [2.75, 3.05) is 13.6 Å². The molecule has 3 heteroatoms. The normalized spacial score (nSPS) is 11.1. The number of likely N-dealkylation sites (N-methyl/N-ethyl adjacent to an activating group) is 1. The van der Waals surface area contributed by atoms with E-state index < -0.39 is 0 Å². The van der Waals surface area contributed by atoms with Gasteiger partial charge in [0.1, 0.15) is 6.26 Å². The van der Waals surface area contributed by atoms with Crippen molar-refractivity contribution in [3.8, 4) is 11.5 Å². The summed E-state index contributed by atoms with van der Waals surface area (Å²) < 4.78 is 5.67. The third-order valence-electron chi connectivity index (χ3n) is 3.44. The second-order valence-corrected chi connectivity index (χ2v) is 5.16. The highest BCUT2D eigenvalue weighted by molar-refractivity contribution is 5.94. The molecule has 0 spiro atoms. The van der Waals surface area contributed by atoms with E-state index in [2.05, 4.69) is 34.7 Å². The van der Waals surface area contributed by atoms with Crippen LogP contribution in [0.4, 0.5) is 0 Å². The van der Waals surface area contributed by atoms with Crippen LogP contribution in [0.5, 0.6) is 0 Å². The first-order chi connectivity index (χ1) is 10.3. The van der Waals surface area contributed by atoms with E-state index in [4.69, 9.17) is 4.42 Å². The van der Waals surface area contributed by atoms with Crippen LogP contribution >= 0.6 is 0 Å². The Kier molecular flexibility index (Phi) is 3.84. The quantitative estimate of drug-likeness (QED) is 0.658. The lowest BCUT2D eigenvalue weighted by Gasteiger charge is -2.10. The summed E-state index contributed by atoms with van der Waals surface area (Å²) in [6.45, 7) is 5.32. The average Bonchev–Trinajstić information content (AvgIpc) is 2.95. The minimum absolute atomic E-state index is 0.675. The monoisotopic (exact) mass is 278 g/mol. The van der Waals surface area contributed by atoms with Crippen LogP contribution in [0.3, 0.4) is 0 Å². The van der Waals surface area contributed by atoms with Crippen LogP contribution < -0.4 is 0 Å². The average molecular weight is 278 g/mol. The minimum Gasteiger partial charge on any atom is -0.444 e. The maximum Gasteiger partial charge on any atom is 0.226 e. The van der Waals surface area contributed by atoms with Crippen LogP contribution in [0.15, 0.2) is 65.8 Å². The first-order valence-electron chi connectivity index (χ1n) is 7.00. The second kappa shape index (κ2) is 5.94. The molecule has 0 amide bonds. The van der Waals surface area contributed by atoms with Gasteiger partial charge in [0, 0.05) is 18.7 Å². The van der Waals surface area contributed by atoms with Crippen molar-refractivity contribution >= 4 is 10.8 Å². The second-order valence-electron chi connectivity index (χ2n) is 5.16. The Bertz CT molecular complexity index is 755. The standard InChI is InChI=1S/C18H18N2O/c1-3-11-20(2)12-15-13-21-18(19-15)17-10-6-8-14-7-4-5-9-16(14)17/h3-10,13H,1,11-12H2,2H3. The van der Waals surface area contributed by atoms with E-state index in [1.54, 1.807) is 6.26 Å². The number of fused-ring (bicyclic) bond motifs is 1. The smallest absolute Gasteiger partial charge is 0.226 e. The molecule has 0 bridgehead atoms. The third-order valence-corrected chi connectivity index (χ3v) is 3.44. The topological polar surface area (TPSA) is 29.3 Å². The van der Waals surface area contributed by atoms with Gasteiger partial charge in [-0.2, -0.15) is 0 Å². The number of rotatable bonds is 5. The lowest BCUT2D eigenvalue weighted by atomic mass is 10.0. The Morgan fingerprint density at radius 1 is 1.19 bits per heavy atom. The first-order valence-corrected chi connectivity index (χ1v) is 7.00. The summed E-state index contributed by atoms with van der Waals surface area (Å²) in [5, 5.41) is 2.35. The Hall–Kier alpha value is -2.39. The number of hydrogen-bond donors (Lipinski definition) is 0. The molecule has 3 nitrogen and oxygen atoms in total. The van der Waals surface area contributed by atoms with Gasteiger partial charge in [0.15, 0.2) is 0 Å². The van der Waals surface area contributed by atoms with Crippen LogP contribution in [-0.4, -0.2) is 23.5 Å². The zero-order valence-corrected chi connectivity index (χ0v) is 12.1. The molecule has 0 unspecified atom stereocenters. The molecule has 0 aliphatic rings. The molecule has 3 aromatic rings.